The molecular weight excluding hydrogens is 403 g/mol. The summed E-state index contributed by atoms with van der Waals surface area (Å²) in [6.07, 6.45) is 2.57. The van der Waals surface area contributed by atoms with E-state index in [1.807, 2.05) is 0 Å². The van der Waals surface area contributed by atoms with Gasteiger partial charge in [-0.1, -0.05) is 41.4 Å². The standard InChI is InChI=1S/C20H12Cl2N2O4/c21-13-6-5-11(15(22)8-13)9-24-19(26)16(23-20(24)27)7-12-10-28-17-4-2-1-3-14(17)18(12)25/h1-8,10H,9H2,(H,23,27)/b16-7+. The molecule has 1 aliphatic rings. The summed E-state index contributed by atoms with van der Waals surface area (Å²) in [5.41, 5.74) is 0.860. The quantitative estimate of drug-likeness (QED) is 0.514. The van der Waals surface area contributed by atoms with Crippen LogP contribution in [0.15, 0.2) is 63.6 Å². The third-order valence-corrected chi connectivity index (χ3v) is 4.90. The third-order valence-electron chi connectivity index (χ3n) is 4.31. The lowest BCUT2D eigenvalue weighted by Gasteiger charge is -2.13. The normalized spacial score (nSPS) is 15.5. The molecular formula is C20H12Cl2N2O4. The fourth-order valence-corrected chi connectivity index (χ4v) is 3.35. The Morgan fingerprint density at radius 3 is 2.64 bits per heavy atom. The fraction of sp³-hybridized carbons (Fsp3) is 0.0500. The van der Waals surface area contributed by atoms with E-state index in [9.17, 15) is 14.4 Å². The zero-order valence-corrected chi connectivity index (χ0v) is 15.8. The summed E-state index contributed by atoms with van der Waals surface area (Å²) >= 11 is 12.0. The Balaban J connectivity index is 1.65. The average molecular weight is 415 g/mol. The van der Waals surface area contributed by atoms with E-state index in [1.54, 1.807) is 36.4 Å². The number of benzene rings is 2. The molecule has 1 aliphatic heterocycles. The zero-order chi connectivity index (χ0) is 19.8. The van der Waals surface area contributed by atoms with E-state index in [1.165, 1.54) is 18.4 Å². The zero-order valence-electron chi connectivity index (χ0n) is 14.2. The van der Waals surface area contributed by atoms with Gasteiger partial charge in [0.1, 0.15) is 17.5 Å². The monoisotopic (exact) mass is 414 g/mol. The van der Waals surface area contributed by atoms with Crippen molar-refractivity contribution in [2.75, 3.05) is 0 Å². The van der Waals surface area contributed by atoms with Gasteiger partial charge < -0.3 is 9.73 Å². The Morgan fingerprint density at radius 1 is 1.07 bits per heavy atom. The smallest absolute Gasteiger partial charge is 0.329 e. The van der Waals surface area contributed by atoms with Crippen molar-refractivity contribution >= 4 is 52.2 Å². The lowest BCUT2D eigenvalue weighted by atomic mass is 10.1. The van der Waals surface area contributed by atoms with Crippen LogP contribution in [-0.4, -0.2) is 16.8 Å². The molecule has 2 aromatic carbocycles. The Morgan fingerprint density at radius 2 is 1.86 bits per heavy atom. The number of imide groups is 1. The van der Waals surface area contributed by atoms with Gasteiger partial charge in [0.15, 0.2) is 5.43 Å². The molecule has 3 amide bonds. The van der Waals surface area contributed by atoms with Crippen molar-refractivity contribution in [1.82, 2.24) is 10.2 Å². The first kappa shape index (κ1) is 18.3. The number of amides is 3. The van der Waals surface area contributed by atoms with Crippen molar-refractivity contribution in [3.8, 4) is 0 Å². The fourth-order valence-electron chi connectivity index (χ4n) is 2.88. The summed E-state index contributed by atoms with van der Waals surface area (Å²) in [4.78, 5) is 38.5. The van der Waals surface area contributed by atoms with Gasteiger partial charge in [-0.15, -0.1) is 0 Å². The van der Waals surface area contributed by atoms with Crippen LogP contribution < -0.4 is 10.7 Å². The summed E-state index contributed by atoms with van der Waals surface area (Å²) in [6.45, 7) is -0.0235. The summed E-state index contributed by atoms with van der Waals surface area (Å²) in [6, 6.07) is 11.0. The van der Waals surface area contributed by atoms with Crippen LogP contribution in [0, 0.1) is 0 Å². The summed E-state index contributed by atoms with van der Waals surface area (Å²) < 4.78 is 5.43. The van der Waals surface area contributed by atoms with Crippen molar-refractivity contribution in [1.29, 1.82) is 0 Å². The van der Waals surface area contributed by atoms with Crippen LogP contribution in [0.4, 0.5) is 4.79 Å². The van der Waals surface area contributed by atoms with E-state index >= 15 is 0 Å². The molecule has 0 radical (unpaired) electrons. The topological polar surface area (TPSA) is 79.6 Å². The molecule has 0 bridgehead atoms. The Hall–Kier alpha value is -3.09. The highest BCUT2D eigenvalue weighted by Gasteiger charge is 2.34. The van der Waals surface area contributed by atoms with Crippen molar-refractivity contribution in [2.24, 2.45) is 0 Å². The summed E-state index contributed by atoms with van der Waals surface area (Å²) in [5.74, 6) is -0.566. The average Bonchev–Trinajstić information content (AvgIpc) is 2.93. The minimum absolute atomic E-state index is 0.0160. The Bertz CT molecular complexity index is 1220. The number of fused-ring (bicyclic) bond motifs is 1. The van der Waals surface area contributed by atoms with Gasteiger partial charge >= 0.3 is 6.03 Å². The van der Waals surface area contributed by atoms with Gasteiger partial charge in [0.2, 0.25) is 0 Å². The molecule has 28 heavy (non-hydrogen) atoms. The second kappa shape index (κ2) is 7.14. The second-order valence-electron chi connectivity index (χ2n) is 6.13. The SMILES string of the molecule is O=C1N/C(=C/c2coc3ccccc3c2=O)C(=O)N1Cc1ccc(Cl)cc1Cl. The maximum Gasteiger partial charge on any atom is 0.329 e. The number of hydrogen-bond donors (Lipinski definition) is 1. The number of hydrogen-bond acceptors (Lipinski definition) is 4. The summed E-state index contributed by atoms with van der Waals surface area (Å²) in [7, 11) is 0. The summed E-state index contributed by atoms with van der Waals surface area (Å²) in [5, 5.41) is 3.67. The van der Waals surface area contributed by atoms with Crippen molar-refractivity contribution in [3.05, 3.63) is 85.8 Å². The number of carbonyl (C=O) groups is 2. The highest BCUT2D eigenvalue weighted by atomic mass is 35.5. The number of halogens is 2. The lowest BCUT2D eigenvalue weighted by Crippen LogP contribution is -2.30. The molecule has 0 atom stereocenters. The van der Waals surface area contributed by atoms with Gasteiger partial charge in [-0.3, -0.25) is 14.5 Å². The molecule has 8 heteroatoms. The van der Waals surface area contributed by atoms with Crippen LogP contribution >= 0.6 is 23.2 Å². The molecule has 0 aliphatic carbocycles. The minimum Gasteiger partial charge on any atom is -0.463 e. The van der Waals surface area contributed by atoms with E-state index in [2.05, 4.69) is 5.32 Å². The van der Waals surface area contributed by atoms with Gasteiger partial charge in [-0.2, -0.15) is 0 Å². The highest BCUT2D eigenvalue weighted by molar-refractivity contribution is 6.35. The Labute approximate surface area is 169 Å². The van der Waals surface area contributed by atoms with Crippen molar-refractivity contribution < 1.29 is 14.0 Å². The number of urea groups is 1. The first-order chi connectivity index (χ1) is 13.4. The first-order valence-electron chi connectivity index (χ1n) is 8.23. The number of nitrogens with one attached hydrogen (secondary N) is 1. The highest BCUT2D eigenvalue weighted by Crippen LogP contribution is 2.24. The molecule has 1 aromatic heterocycles. The molecule has 140 valence electrons. The second-order valence-corrected chi connectivity index (χ2v) is 6.98. The molecule has 1 fully saturated rings. The van der Waals surface area contributed by atoms with Crippen molar-refractivity contribution in [3.63, 3.8) is 0 Å². The first-order valence-corrected chi connectivity index (χ1v) is 8.98. The maximum absolute atomic E-state index is 12.7. The van der Waals surface area contributed by atoms with Crippen LogP contribution in [-0.2, 0) is 11.3 Å². The molecule has 6 nitrogen and oxygen atoms in total. The van der Waals surface area contributed by atoms with Gasteiger partial charge in [0.05, 0.1) is 17.5 Å². The molecule has 0 saturated carbocycles. The van der Waals surface area contributed by atoms with Gasteiger partial charge in [0.25, 0.3) is 5.91 Å². The van der Waals surface area contributed by atoms with Crippen LogP contribution in [0.2, 0.25) is 10.0 Å². The van der Waals surface area contributed by atoms with E-state index in [0.29, 0.717) is 26.6 Å². The van der Waals surface area contributed by atoms with Crippen molar-refractivity contribution in [2.45, 2.75) is 6.54 Å². The molecule has 1 N–H and O–H groups in total. The predicted molar refractivity (Wildman–Crippen MR) is 106 cm³/mol. The van der Waals surface area contributed by atoms with E-state index in [4.69, 9.17) is 27.6 Å². The van der Waals surface area contributed by atoms with E-state index in [-0.39, 0.29) is 23.2 Å². The van der Waals surface area contributed by atoms with Crippen LogP contribution in [0.1, 0.15) is 11.1 Å². The van der Waals surface area contributed by atoms with Crippen LogP contribution in [0.5, 0.6) is 0 Å². The predicted octanol–water partition coefficient (Wildman–Crippen LogP) is 4.19. The van der Waals surface area contributed by atoms with Gasteiger partial charge in [-0.25, -0.2) is 4.79 Å². The largest absolute Gasteiger partial charge is 0.463 e. The molecule has 2 heterocycles. The number of carbonyl (C=O) groups excluding carboxylic acids is 2. The molecule has 1 saturated heterocycles. The van der Waals surface area contributed by atoms with Gasteiger partial charge in [0, 0.05) is 10.0 Å². The van der Waals surface area contributed by atoms with E-state index < -0.39 is 11.9 Å². The van der Waals surface area contributed by atoms with Crippen LogP contribution in [0.25, 0.3) is 17.0 Å². The molecule has 0 spiro atoms. The number of rotatable bonds is 3. The maximum atomic E-state index is 12.7. The molecule has 0 unspecified atom stereocenters. The third kappa shape index (κ3) is 3.28. The van der Waals surface area contributed by atoms with Crippen LogP contribution in [0.3, 0.4) is 0 Å². The number of para-hydroxylation sites is 1. The molecule has 4 rings (SSSR count). The lowest BCUT2D eigenvalue weighted by molar-refractivity contribution is -0.123. The van der Waals surface area contributed by atoms with E-state index in [0.717, 1.165) is 4.90 Å². The van der Waals surface area contributed by atoms with Gasteiger partial charge in [-0.05, 0) is 35.9 Å². The number of nitrogens with zero attached hydrogens (tertiary/aromatic N) is 1. The molecule has 3 aromatic rings. The minimum atomic E-state index is -0.604. The Kier molecular flexibility index (Phi) is 4.66.